The second-order valence-corrected chi connectivity index (χ2v) is 9.19. The Hall–Kier alpha value is -2.31. The zero-order chi connectivity index (χ0) is 22.9. The van der Waals surface area contributed by atoms with Crippen molar-refractivity contribution in [3.05, 3.63) is 6.33 Å². The van der Waals surface area contributed by atoms with Crippen molar-refractivity contribution in [2.75, 3.05) is 32.1 Å². The molecule has 4 rings (SSSR count). The van der Waals surface area contributed by atoms with Crippen LogP contribution in [0.1, 0.15) is 33.4 Å². The van der Waals surface area contributed by atoms with E-state index in [4.69, 9.17) is 29.0 Å². The van der Waals surface area contributed by atoms with E-state index < -0.39 is 26.2 Å². The number of carbonyl (C=O) groups is 1. The average molecular weight is 470 g/mol. The van der Waals surface area contributed by atoms with Gasteiger partial charge in [-0.05, 0) is 6.92 Å². The van der Waals surface area contributed by atoms with Gasteiger partial charge in [-0.3, -0.25) is 18.4 Å². The maximum Gasteiger partial charge on any atom is 0.406 e. The second-order valence-electron chi connectivity index (χ2n) is 7.41. The number of nitrogens with one attached hydrogen (secondary N) is 1. The number of ether oxygens (including phenoxy) is 3. The van der Waals surface area contributed by atoms with Crippen molar-refractivity contribution < 1.29 is 32.6 Å². The first-order chi connectivity index (χ1) is 15.3. The first-order valence-corrected chi connectivity index (χ1v) is 12.0. The number of nitrogens with two attached hydrogens (primary N) is 1. The van der Waals surface area contributed by atoms with Gasteiger partial charge in [0.25, 0.3) is 0 Å². The summed E-state index contributed by atoms with van der Waals surface area (Å²) in [5.41, 5.74) is 6.79. The van der Waals surface area contributed by atoms with E-state index in [-0.39, 0.29) is 44.0 Å². The van der Waals surface area contributed by atoms with E-state index in [9.17, 15) is 9.36 Å². The Balaban J connectivity index is 1.48. The minimum Gasteiger partial charge on any atom is -0.476 e. The molecule has 2 aromatic heterocycles. The van der Waals surface area contributed by atoms with E-state index >= 15 is 0 Å². The molecule has 176 valence electrons. The van der Waals surface area contributed by atoms with E-state index in [1.807, 2.05) is 13.8 Å². The third kappa shape index (κ3) is 4.44. The van der Waals surface area contributed by atoms with Crippen LogP contribution in [0.15, 0.2) is 6.33 Å². The quantitative estimate of drug-likeness (QED) is 0.324. The van der Waals surface area contributed by atoms with Crippen LogP contribution in [-0.2, 0) is 27.9 Å². The fourth-order valence-electron chi connectivity index (χ4n) is 3.72. The molecular weight excluding hydrogens is 443 g/mol. The number of hydrogen-bond donors (Lipinski definition) is 2. The smallest absolute Gasteiger partial charge is 0.406 e. The summed E-state index contributed by atoms with van der Waals surface area (Å²) in [6, 6.07) is 0. The van der Waals surface area contributed by atoms with Gasteiger partial charge >= 0.3 is 13.7 Å². The number of nitrogen functional groups attached to an aromatic ring is 1. The predicted molar refractivity (Wildman–Crippen MR) is 112 cm³/mol. The van der Waals surface area contributed by atoms with Crippen LogP contribution in [0.2, 0.25) is 0 Å². The summed E-state index contributed by atoms with van der Waals surface area (Å²) < 4.78 is 42.6. The number of hydrogen-bond acceptors (Lipinski definition) is 11. The Morgan fingerprint density at radius 2 is 2.22 bits per heavy atom. The minimum absolute atomic E-state index is 0.0582. The van der Waals surface area contributed by atoms with Gasteiger partial charge < -0.3 is 19.9 Å². The van der Waals surface area contributed by atoms with Crippen molar-refractivity contribution >= 4 is 30.8 Å². The second kappa shape index (κ2) is 9.28. The van der Waals surface area contributed by atoms with Crippen LogP contribution < -0.4 is 15.6 Å². The molecule has 0 unspecified atom stereocenters. The molecule has 2 aromatic rings. The molecular formula is C18H27N6O7P. The van der Waals surface area contributed by atoms with Gasteiger partial charge in [0.1, 0.15) is 25.0 Å². The van der Waals surface area contributed by atoms with Crippen LogP contribution in [0, 0.1) is 5.92 Å². The Bertz CT molecular complexity index is 1030. The maximum atomic E-state index is 13.0. The molecule has 4 heterocycles. The molecule has 2 aliphatic rings. The molecule has 5 atom stereocenters. The topological polar surface area (TPSA) is 162 Å². The van der Waals surface area contributed by atoms with Gasteiger partial charge in [0, 0.05) is 18.9 Å². The van der Waals surface area contributed by atoms with E-state index in [1.165, 1.54) is 0 Å². The molecule has 0 bridgehead atoms. The summed E-state index contributed by atoms with van der Waals surface area (Å²) in [6.07, 6.45) is 0.434. The number of fused-ring (bicyclic) bond motifs is 2. The van der Waals surface area contributed by atoms with Crippen molar-refractivity contribution in [1.29, 1.82) is 0 Å². The third-order valence-corrected chi connectivity index (χ3v) is 6.86. The number of aromatic nitrogens is 4. The molecule has 0 aliphatic carbocycles. The molecule has 13 nitrogen and oxygen atoms in total. The molecule has 0 saturated carbocycles. The summed E-state index contributed by atoms with van der Waals surface area (Å²) in [5, 5.41) is 2.72. The summed E-state index contributed by atoms with van der Waals surface area (Å²) in [4.78, 5) is 24.0. The zero-order valence-corrected chi connectivity index (χ0v) is 19.0. The van der Waals surface area contributed by atoms with E-state index in [0.717, 1.165) is 0 Å². The monoisotopic (exact) mass is 470 g/mol. The van der Waals surface area contributed by atoms with Gasteiger partial charge in [0.2, 0.25) is 11.8 Å². The van der Waals surface area contributed by atoms with Crippen molar-refractivity contribution in [3.63, 3.8) is 0 Å². The molecule has 2 fully saturated rings. The lowest BCUT2D eigenvalue weighted by Crippen LogP contribution is -2.39. The standard InChI is InChI=1S/C18H27N6O7P/c1-4-12(25)28-7-6-21-32(26)29-8-11-14(31-32)10(3)17(30-11)24-9-20-13-15(24)22-18(19)23-16(13)27-5-2/h9-11,14,17H,4-8H2,1-3H3,(H,21,26)(H2,19,22,23)/t10-,11+,14-,17+,32-/m0/s1. The fraction of sp³-hybridized carbons (Fsp3) is 0.667. The highest BCUT2D eigenvalue weighted by atomic mass is 31.2. The lowest BCUT2D eigenvalue weighted by atomic mass is 10.0. The molecule has 0 radical (unpaired) electrons. The molecule has 2 aliphatic heterocycles. The largest absolute Gasteiger partial charge is 0.476 e. The fourth-order valence-corrected chi connectivity index (χ4v) is 5.31. The maximum absolute atomic E-state index is 13.0. The van der Waals surface area contributed by atoms with Gasteiger partial charge in [0.05, 0.1) is 19.5 Å². The van der Waals surface area contributed by atoms with E-state index in [0.29, 0.717) is 23.7 Å². The lowest BCUT2D eigenvalue weighted by Gasteiger charge is -2.32. The summed E-state index contributed by atoms with van der Waals surface area (Å²) in [7, 11) is -3.58. The normalized spacial score (nSPS) is 29.7. The molecule has 2 saturated heterocycles. The summed E-state index contributed by atoms with van der Waals surface area (Å²) in [6.45, 7) is 6.16. The molecule has 0 spiro atoms. The van der Waals surface area contributed by atoms with Crippen LogP contribution in [0.5, 0.6) is 5.88 Å². The number of esters is 1. The van der Waals surface area contributed by atoms with Gasteiger partial charge in [-0.25, -0.2) is 14.6 Å². The summed E-state index contributed by atoms with van der Waals surface area (Å²) >= 11 is 0. The van der Waals surface area contributed by atoms with Crippen LogP contribution >= 0.6 is 7.75 Å². The molecule has 0 amide bonds. The van der Waals surface area contributed by atoms with Gasteiger partial charge in [-0.1, -0.05) is 13.8 Å². The first kappa shape index (κ1) is 22.9. The van der Waals surface area contributed by atoms with E-state index in [1.54, 1.807) is 17.8 Å². The number of rotatable bonds is 8. The Morgan fingerprint density at radius 1 is 1.41 bits per heavy atom. The Labute approximate surface area is 184 Å². The highest BCUT2D eigenvalue weighted by molar-refractivity contribution is 7.51. The number of anilines is 1. The van der Waals surface area contributed by atoms with E-state index in [2.05, 4.69) is 20.0 Å². The third-order valence-electron chi connectivity index (χ3n) is 5.24. The van der Waals surface area contributed by atoms with Crippen molar-refractivity contribution in [2.24, 2.45) is 5.92 Å². The molecule has 14 heteroatoms. The minimum atomic E-state index is -3.58. The predicted octanol–water partition coefficient (Wildman–Crippen LogP) is 1.41. The molecule has 3 N–H and O–H groups in total. The van der Waals surface area contributed by atoms with Gasteiger partial charge in [0.15, 0.2) is 11.2 Å². The number of carbonyl (C=O) groups excluding carboxylic acids is 1. The van der Waals surface area contributed by atoms with Crippen molar-refractivity contribution in [1.82, 2.24) is 24.6 Å². The van der Waals surface area contributed by atoms with Crippen LogP contribution in [0.4, 0.5) is 5.95 Å². The van der Waals surface area contributed by atoms with Gasteiger partial charge in [-0.2, -0.15) is 9.97 Å². The van der Waals surface area contributed by atoms with Gasteiger partial charge in [-0.15, -0.1) is 0 Å². The average Bonchev–Trinajstić information content (AvgIpc) is 3.32. The van der Waals surface area contributed by atoms with Crippen molar-refractivity contribution in [2.45, 2.75) is 45.6 Å². The number of nitrogens with zero attached hydrogens (tertiary/aromatic N) is 4. The Morgan fingerprint density at radius 3 is 2.97 bits per heavy atom. The summed E-state index contributed by atoms with van der Waals surface area (Å²) in [5.74, 6) is -0.182. The highest BCUT2D eigenvalue weighted by Crippen LogP contribution is 2.54. The zero-order valence-electron chi connectivity index (χ0n) is 18.1. The lowest BCUT2D eigenvalue weighted by molar-refractivity contribution is -0.143. The highest BCUT2D eigenvalue weighted by Gasteiger charge is 2.51. The van der Waals surface area contributed by atoms with Crippen LogP contribution in [0.25, 0.3) is 11.2 Å². The molecule has 32 heavy (non-hydrogen) atoms. The first-order valence-electron chi connectivity index (χ1n) is 10.5. The van der Waals surface area contributed by atoms with Crippen LogP contribution in [-0.4, -0.2) is 64.1 Å². The molecule has 0 aromatic carbocycles. The number of imidazole rings is 1. The van der Waals surface area contributed by atoms with Crippen LogP contribution in [0.3, 0.4) is 0 Å². The van der Waals surface area contributed by atoms with Crippen molar-refractivity contribution in [3.8, 4) is 5.88 Å². The Kier molecular flexibility index (Phi) is 6.63. The SMILES string of the molecule is CCOc1nc(N)nc2c1ncn2[C@@H]1O[C@@H]2CO[P@@](=O)(NCCOC(=O)CC)O[C@H]2[C@@H]1C.